The SMILES string of the molecule is N.O.O=S(=O)(O)O.[PbH2]. The van der Waals surface area contributed by atoms with Crippen molar-refractivity contribution in [3.05, 3.63) is 0 Å². The van der Waals surface area contributed by atoms with E-state index in [0.29, 0.717) is 0 Å². The molecular formula is H9NO5PbS. The van der Waals surface area contributed by atoms with E-state index in [4.69, 9.17) is 17.5 Å². The maximum atomic E-state index is 8.74. The van der Waals surface area contributed by atoms with Crippen molar-refractivity contribution < 1.29 is 23.0 Å². The summed E-state index contributed by atoms with van der Waals surface area (Å²) < 4.78 is 31.6. The molecule has 0 heterocycles. The van der Waals surface area contributed by atoms with Crippen molar-refractivity contribution in [1.82, 2.24) is 6.15 Å². The molecule has 0 aromatic heterocycles. The van der Waals surface area contributed by atoms with Gasteiger partial charge in [-0.3, -0.25) is 9.11 Å². The van der Waals surface area contributed by atoms with Gasteiger partial charge in [0.15, 0.2) is 0 Å². The van der Waals surface area contributed by atoms with Crippen LogP contribution in [0.5, 0.6) is 0 Å². The summed E-state index contributed by atoms with van der Waals surface area (Å²) in [7, 11) is -4.67. The number of hydrogen-bond donors (Lipinski definition) is 3. The quantitative estimate of drug-likeness (QED) is 0.337. The molecule has 7 N–H and O–H groups in total. The zero-order valence-corrected chi connectivity index (χ0v) is 10.3. The zero-order valence-electron chi connectivity index (χ0n) is 4.03. The van der Waals surface area contributed by atoms with Gasteiger partial charge in [-0.05, 0) is 0 Å². The first-order chi connectivity index (χ1) is 2.00. The third-order valence-electron chi connectivity index (χ3n) is 0. The minimum atomic E-state index is -4.67. The molecule has 0 aliphatic rings. The summed E-state index contributed by atoms with van der Waals surface area (Å²) in [5, 5.41) is 0. The van der Waals surface area contributed by atoms with Crippen LogP contribution in [0.15, 0.2) is 0 Å². The summed E-state index contributed by atoms with van der Waals surface area (Å²) in [5.41, 5.74) is 0. The normalized spacial score (nSPS) is 7.25. The van der Waals surface area contributed by atoms with E-state index in [9.17, 15) is 0 Å². The zero-order chi connectivity index (χ0) is 4.50. The first-order valence-corrected chi connectivity index (χ1v) is 2.10. The Morgan fingerprint density at radius 1 is 1.12 bits per heavy atom. The van der Waals surface area contributed by atoms with E-state index in [1.54, 1.807) is 0 Å². The van der Waals surface area contributed by atoms with Crippen molar-refractivity contribution in [3.8, 4) is 0 Å². The number of hydrogen-bond acceptors (Lipinski definition) is 3. The van der Waals surface area contributed by atoms with Crippen LogP contribution in [0.1, 0.15) is 0 Å². The van der Waals surface area contributed by atoms with Gasteiger partial charge in [-0.1, -0.05) is 0 Å². The van der Waals surface area contributed by atoms with Crippen LogP contribution < -0.4 is 6.15 Å². The Balaban J connectivity index is -0.0000000267. The van der Waals surface area contributed by atoms with Gasteiger partial charge in [0.2, 0.25) is 0 Å². The molecule has 0 aliphatic heterocycles. The average molecular weight is 342 g/mol. The van der Waals surface area contributed by atoms with Crippen LogP contribution in [0, 0.1) is 0 Å². The van der Waals surface area contributed by atoms with Crippen LogP contribution in [0.2, 0.25) is 0 Å². The molecule has 0 aromatic carbocycles. The van der Waals surface area contributed by atoms with Gasteiger partial charge in [0.05, 0.1) is 0 Å². The fourth-order valence-corrected chi connectivity index (χ4v) is 0. The van der Waals surface area contributed by atoms with Gasteiger partial charge in [0.1, 0.15) is 0 Å². The van der Waals surface area contributed by atoms with E-state index in [2.05, 4.69) is 0 Å². The van der Waals surface area contributed by atoms with Crippen molar-refractivity contribution in [2.75, 3.05) is 0 Å². The van der Waals surface area contributed by atoms with Crippen molar-refractivity contribution in [3.63, 3.8) is 0 Å². The molecule has 0 amide bonds. The molecule has 0 atom stereocenters. The second-order valence-electron chi connectivity index (χ2n) is 0.448. The van der Waals surface area contributed by atoms with Crippen LogP contribution in [0.3, 0.4) is 0 Å². The third kappa shape index (κ3) is 432. The minimum absolute atomic E-state index is 0. The third-order valence-corrected chi connectivity index (χ3v) is 0. The molecule has 8 heavy (non-hydrogen) atoms. The molecule has 6 nitrogen and oxygen atoms in total. The van der Waals surface area contributed by atoms with Gasteiger partial charge in [-0.15, -0.1) is 0 Å². The summed E-state index contributed by atoms with van der Waals surface area (Å²) in [4.78, 5) is 0. The van der Waals surface area contributed by atoms with Gasteiger partial charge in [0.25, 0.3) is 0 Å². The van der Waals surface area contributed by atoms with E-state index in [1.165, 1.54) is 0 Å². The van der Waals surface area contributed by atoms with Crippen LogP contribution >= 0.6 is 0 Å². The Bertz CT molecular complexity index is 95.6. The van der Waals surface area contributed by atoms with Gasteiger partial charge >= 0.3 is 37.7 Å². The summed E-state index contributed by atoms with van der Waals surface area (Å²) in [5.74, 6) is 0. The van der Waals surface area contributed by atoms with E-state index in [1.807, 2.05) is 0 Å². The summed E-state index contributed by atoms with van der Waals surface area (Å²) in [6, 6.07) is 0. The second kappa shape index (κ2) is 7.71. The fourth-order valence-electron chi connectivity index (χ4n) is 0. The molecule has 0 fully saturated rings. The fraction of sp³-hybridized carbons (Fsp3) is 0. The second-order valence-corrected chi connectivity index (χ2v) is 1.34. The Morgan fingerprint density at radius 3 is 1.12 bits per heavy atom. The summed E-state index contributed by atoms with van der Waals surface area (Å²) in [6.07, 6.45) is 0. The summed E-state index contributed by atoms with van der Waals surface area (Å²) >= 11 is 0. The molecule has 54 valence electrons. The molecule has 0 aliphatic carbocycles. The Kier molecular flexibility index (Phi) is 22.5. The first-order valence-electron chi connectivity index (χ1n) is 0.698. The maximum absolute atomic E-state index is 8.74. The van der Waals surface area contributed by atoms with E-state index in [0.717, 1.165) is 0 Å². The van der Waals surface area contributed by atoms with Crippen molar-refractivity contribution in [1.29, 1.82) is 0 Å². The molecule has 8 heteroatoms. The van der Waals surface area contributed by atoms with Crippen LogP contribution in [0.25, 0.3) is 0 Å². The van der Waals surface area contributed by atoms with Crippen LogP contribution in [-0.2, 0) is 10.4 Å². The molecule has 0 aromatic rings. The van der Waals surface area contributed by atoms with Gasteiger partial charge in [-0.25, -0.2) is 0 Å². The molecule has 0 saturated carbocycles. The molecule has 0 bridgehead atoms. The Hall–Kier alpha value is 0.712. The van der Waals surface area contributed by atoms with Gasteiger partial charge in [-0.2, -0.15) is 8.42 Å². The summed E-state index contributed by atoms with van der Waals surface area (Å²) in [6.45, 7) is 0. The monoisotopic (exact) mass is 343 g/mol. The van der Waals surface area contributed by atoms with E-state index in [-0.39, 0.29) is 38.9 Å². The molecule has 0 spiro atoms. The predicted molar refractivity (Wildman–Crippen MR) is 31.4 cm³/mol. The van der Waals surface area contributed by atoms with Crippen LogP contribution in [0.4, 0.5) is 0 Å². The topological polar surface area (TPSA) is 141 Å². The van der Waals surface area contributed by atoms with Crippen molar-refractivity contribution >= 4 is 37.7 Å². The van der Waals surface area contributed by atoms with Crippen molar-refractivity contribution in [2.24, 2.45) is 0 Å². The Labute approximate surface area is 66.9 Å². The molecule has 0 unspecified atom stereocenters. The van der Waals surface area contributed by atoms with Gasteiger partial charge < -0.3 is 11.6 Å². The van der Waals surface area contributed by atoms with Crippen LogP contribution in [-0.4, -0.2) is 50.3 Å². The Morgan fingerprint density at radius 2 is 1.12 bits per heavy atom. The van der Waals surface area contributed by atoms with Gasteiger partial charge in [0, 0.05) is 0 Å². The first kappa shape index (κ1) is 23.3. The van der Waals surface area contributed by atoms with E-state index < -0.39 is 10.4 Å². The van der Waals surface area contributed by atoms with Crippen molar-refractivity contribution in [2.45, 2.75) is 0 Å². The molecule has 0 saturated heterocycles. The standard InChI is InChI=1S/H3N.H2O4S.H2O.Pb.2H/c;1-5(2,3)4;;;;/h1H3;(H2,1,2,3,4);1H2;;;. The molecule has 2 radical (unpaired) electrons. The average Bonchev–Trinajstić information content (AvgIpc) is 0.722. The van der Waals surface area contributed by atoms with E-state index >= 15 is 0 Å². The number of rotatable bonds is 0. The molecular weight excluding hydrogens is 333 g/mol. The molecule has 0 rings (SSSR count). The predicted octanol–water partition coefficient (Wildman–Crippen LogP) is -2.23.